The van der Waals surface area contributed by atoms with Gasteiger partial charge in [0.15, 0.2) is 5.78 Å². The molecule has 0 bridgehead atoms. The Morgan fingerprint density at radius 3 is 2.50 bits per heavy atom. The summed E-state index contributed by atoms with van der Waals surface area (Å²) < 4.78 is 41.7. The zero-order chi connectivity index (χ0) is 19.4. The van der Waals surface area contributed by atoms with Crippen molar-refractivity contribution in [3.05, 3.63) is 46.3 Å². The minimum atomic E-state index is -4.65. The number of primary amides is 1. The van der Waals surface area contributed by atoms with Crippen molar-refractivity contribution in [2.24, 2.45) is 11.1 Å². The number of hydrogen-bond acceptors (Lipinski definition) is 3. The Balaban J connectivity index is 2.31. The lowest BCUT2D eigenvalue weighted by Gasteiger charge is -2.29. The second-order valence-corrected chi connectivity index (χ2v) is 7.35. The van der Waals surface area contributed by atoms with Gasteiger partial charge in [-0.2, -0.15) is 18.3 Å². The Kier molecular flexibility index (Phi) is 3.97. The van der Waals surface area contributed by atoms with Crippen LogP contribution in [0.1, 0.15) is 57.9 Å². The maximum absolute atomic E-state index is 13.5. The highest BCUT2D eigenvalue weighted by Crippen LogP contribution is 2.40. The molecule has 0 spiro atoms. The van der Waals surface area contributed by atoms with Crippen molar-refractivity contribution < 1.29 is 22.8 Å². The van der Waals surface area contributed by atoms with Crippen LogP contribution in [0.4, 0.5) is 13.2 Å². The Labute approximate surface area is 148 Å². The van der Waals surface area contributed by atoms with E-state index in [0.29, 0.717) is 29.8 Å². The van der Waals surface area contributed by atoms with Crippen molar-refractivity contribution in [2.75, 3.05) is 0 Å². The number of hydrogen-bond donors (Lipinski definition) is 1. The van der Waals surface area contributed by atoms with E-state index in [9.17, 15) is 22.8 Å². The first-order valence-electron chi connectivity index (χ1n) is 8.04. The Hall–Kier alpha value is -2.64. The zero-order valence-electron chi connectivity index (χ0n) is 14.6. The van der Waals surface area contributed by atoms with Gasteiger partial charge in [0.25, 0.3) is 0 Å². The van der Waals surface area contributed by atoms with Crippen LogP contribution in [0.25, 0.3) is 5.69 Å². The fraction of sp³-hybridized carbons (Fsp3) is 0.389. The number of aromatic nitrogens is 2. The maximum Gasteiger partial charge on any atom is 0.418 e. The number of nitrogens with two attached hydrogens (primary N) is 1. The molecule has 0 aliphatic heterocycles. The van der Waals surface area contributed by atoms with Gasteiger partial charge in [0, 0.05) is 12.0 Å². The van der Waals surface area contributed by atoms with Crippen molar-refractivity contribution in [3.63, 3.8) is 0 Å². The molecule has 26 heavy (non-hydrogen) atoms. The van der Waals surface area contributed by atoms with Gasteiger partial charge in [-0.15, -0.1) is 0 Å². The molecule has 138 valence electrons. The quantitative estimate of drug-likeness (QED) is 0.885. The number of alkyl halides is 3. The van der Waals surface area contributed by atoms with Gasteiger partial charge in [-0.1, -0.05) is 13.8 Å². The molecule has 0 unspecified atom stereocenters. The third kappa shape index (κ3) is 3.00. The molecule has 1 amide bonds. The molecule has 0 fully saturated rings. The second kappa shape index (κ2) is 5.69. The summed E-state index contributed by atoms with van der Waals surface area (Å²) in [6.07, 6.45) is -3.95. The summed E-state index contributed by atoms with van der Waals surface area (Å²) in [5, 5.41) is 4.20. The van der Waals surface area contributed by atoms with Crippen molar-refractivity contribution in [2.45, 2.75) is 39.8 Å². The summed E-state index contributed by atoms with van der Waals surface area (Å²) in [6, 6.07) is 2.92. The highest BCUT2D eigenvalue weighted by atomic mass is 19.4. The van der Waals surface area contributed by atoms with E-state index in [0.717, 1.165) is 22.9 Å². The number of carbonyl (C=O) groups is 2. The third-order valence-corrected chi connectivity index (χ3v) is 4.54. The van der Waals surface area contributed by atoms with E-state index in [1.165, 1.54) is 0 Å². The predicted molar refractivity (Wildman–Crippen MR) is 88.3 cm³/mol. The molecule has 0 radical (unpaired) electrons. The fourth-order valence-corrected chi connectivity index (χ4v) is 3.44. The van der Waals surface area contributed by atoms with Crippen LogP contribution in [0, 0.1) is 12.3 Å². The van der Waals surface area contributed by atoms with Crippen LogP contribution in [-0.4, -0.2) is 21.5 Å². The van der Waals surface area contributed by atoms with Crippen molar-refractivity contribution in [1.82, 2.24) is 9.78 Å². The largest absolute Gasteiger partial charge is 0.418 e. The number of Topliss-reactive ketones (excluding diaryl/α,β-unsaturated/α-hetero) is 1. The number of halogens is 3. The first-order chi connectivity index (χ1) is 11.9. The highest BCUT2D eigenvalue weighted by molar-refractivity contribution is 6.00. The molecule has 2 aromatic rings. The van der Waals surface area contributed by atoms with E-state index in [1.807, 2.05) is 13.8 Å². The van der Waals surface area contributed by atoms with Crippen LogP contribution >= 0.6 is 0 Å². The van der Waals surface area contributed by atoms with Crippen molar-refractivity contribution >= 4 is 11.7 Å². The SMILES string of the molecule is Cc1nn(-c2cc(C(N)=O)ccc2C(F)(F)F)c2c1C(=O)CC(C)(C)C2. The van der Waals surface area contributed by atoms with Crippen molar-refractivity contribution in [3.8, 4) is 5.69 Å². The van der Waals surface area contributed by atoms with Crippen LogP contribution in [0.2, 0.25) is 0 Å². The molecule has 0 saturated carbocycles. The van der Waals surface area contributed by atoms with Crippen LogP contribution in [0.3, 0.4) is 0 Å². The number of ketones is 1. The highest BCUT2D eigenvalue weighted by Gasteiger charge is 2.39. The topological polar surface area (TPSA) is 78.0 Å². The van der Waals surface area contributed by atoms with E-state index in [2.05, 4.69) is 5.10 Å². The molecule has 2 N–H and O–H groups in total. The minimum absolute atomic E-state index is 0.0590. The van der Waals surface area contributed by atoms with Gasteiger partial charge in [-0.05, 0) is 37.0 Å². The number of amides is 1. The summed E-state index contributed by atoms with van der Waals surface area (Å²) in [5.74, 6) is -0.978. The van der Waals surface area contributed by atoms with E-state index < -0.39 is 23.1 Å². The predicted octanol–water partition coefficient (Wildman–Crippen LogP) is 3.45. The zero-order valence-corrected chi connectivity index (χ0v) is 14.6. The smallest absolute Gasteiger partial charge is 0.366 e. The lowest BCUT2D eigenvalue weighted by atomic mass is 9.75. The lowest BCUT2D eigenvalue weighted by molar-refractivity contribution is -0.137. The number of fused-ring (bicyclic) bond motifs is 1. The van der Waals surface area contributed by atoms with Crippen molar-refractivity contribution in [1.29, 1.82) is 0 Å². The Morgan fingerprint density at radius 1 is 1.27 bits per heavy atom. The summed E-state index contributed by atoms with van der Waals surface area (Å²) >= 11 is 0. The van der Waals surface area contributed by atoms with Gasteiger partial charge in [-0.25, -0.2) is 4.68 Å². The van der Waals surface area contributed by atoms with Crippen LogP contribution < -0.4 is 5.73 Å². The molecule has 1 aromatic carbocycles. The minimum Gasteiger partial charge on any atom is -0.366 e. The lowest BCUT2D eigenvalue weighted by Crippen LogP contribution is -2.28. The molecule has 1 heterocycles. The summed E-state index contributed by atoms with van der Waals surface area (Å²) in [4.78, 5) is 23.9. The summed E-state index contributed by atoms with van der Waals surface area (Å²) in [5.41, 5.74) is 4.69. The molecular weight excluding hydrogens is 347 g/mol. The van der Waals surface area contributed by atoms with Crippen LogP contribution in [-0.2, 0) is 12.6 Å². The average Bonchev–Trinajstić information content (AvgIpc) is 2.81. The number of carbonyl (C=O) groups excluding carboxylic acids is 2. The first-order valence-corrected chi connectivity index (χ1v) is 8.04. The maximum atomic E-state index is 13.5. The number of benzene rings is 1. The Morgan fingerprint density at radius 2 is 1.92 bits per heavy atom. The second-order valence-electron chi connectivity index (χ2n) is 7.35. The molecule has 3 rings (SSSR count). The van der Waals surface area contributed by atoms with Gasteiger partial charge in [0.05, 0.1) is 28.2 Å². The van der Waals surface area contributed by atoms with Gasteiger partial charge in [-0.3, -0.25) is 9.59 Å². The molecule has 1 aromatic heterocycles. The summed E-state index contributed by atoms with van der Waals surface area (Å²) in [6.45, 7) is 5.35. The fourth-order valence-electron chi connectivity index (χ4n) is 3.44. The molecular formula is C18H18F3N3O2. The summed E-state index contributed by atoms with van der Waals surface area (Å²) in [7, 11) is 0. The van der Waals surface area contributed by atoms with E-state index >= 15 is 0 Å². The molecule has 0 saturated heterocycles. The monoisotopic (exact) mass is 365 g/mol. The van der Waals surface area contributed by atoms with Gasteiger partial charge in [0.2, 0.25) is 5.91 Å². The van der Waals surface area contributed by atoms with Crippen LogP contribution in [0.5, 0.6) is 0 Å². The average molecular weight is 365 g/mol. The molecule has 5 nitrogen and oxygen atoms in total. The van der Waals surface area contributed by atoms with E-state index in [1.54, 1.807) is 6.92 Å². The molecule has 1 aliphatic rings. The van der Waals surface area contributed by atoms with E-state index in [4.69, 9.17) is 5.73 Å². The van der Waals surface area contributed by atoms with E-state index in [-0.39, 0.29) is 17.0 Å². The van der Waals surface area contributed by atoms with Crippen LogP contribution in [0.15, 0.2) is 18.2 Å². The standard InChI is InChI=1S/C18H18F3N3O2/c1-9-15-13(7-17(2,3)8-14(15)25)24(23-9)12-6-10(16(22)26)4-5-11(12)18(19,20)21/h4-6H,7-8H2,1-3H3,(H2,22,26). The normalized spacial score (nSPS) is 16.5. The Bertz CT molecular complexity index is 926. The first kappa shape index (κ1) is 18.2. The number of nitrogens with zero attached hydrogens (tertiary/aromatic N) is 2. The third-order valence-electron chi connectivity index (χ3n) is 4.54. The molecule has 0 atom stereocenters. The number of aryl methyl sites for hydroxylation is 1. The molecule has 1 aliphatic carbocycles. The van der Waals surface area contributed by atoms with Gasteiger partial charge >= 0.3 is 6.18 Å². The molecule has 8 heteroatoms. The van der Waals surface area contributed by atoms with Gasteiger partial charge in [0.1, 0.15) is 0 Å². The number of rotatable bonds is 2. The van der Waals surface area contributed by atoms with Gasteiger partial charge < -0.3 is 5.73 Å².